The first-order valence-electron chi connectivity index (χ1n) is 7.80. The molecule has 0 bridgehead atoms. The van der Waals surface area contributed by atoms with Gasteiger partial charge in [0.1, 0.15) is 10.8 Å². The van der Waals surface area contributed by atoms with Crippen molar-refractivity contribution < 1.29 is 9.90 Å². The molecule has 2 aromatic carbocycles. The molecule has 0 atom stereocenters. The van der Waals surface area contributed by atoms with Crippen LogP contribution in [-0.4, -0.2) is 34.0 Å². The first-order chi connectivity index (χ1) is 11.6. The van der Waals surface area contributed by atoms with Gasteiger partial charge in [-0.2, -0.15) is 0 Å². The molecule has 1 aliphatic heterocycles. The lowest BCUT2D eigenvalue weighted by Crippen LogP contribution is -2.27. The van der Waals surface area contributed by atoms with Crippen molar-refractivity contribution in [1.29, 1.82) is 0 Å². The molecular formula is C18H15ClN2O2S. The van der Waals surface area contributed by atoms with Crippen LogP contribution in [-0.2, 0) is 0 Å². The lowest BCUT2D eigenvalue weighted by molar-refractivity contribution is 0.0793. The fourth-order valence-corrected chi connectivity index (χ4v) is 4.16. The SMILES string of the molecule is O=C(c1ccc2nc(-c3cc(Cl)ccc3O)sc2c1)N1CCCC1. The Balaban J connectivity index is 1.73. The second-order valence-electron chi connectivity index (χ2n) is 5.86. The molecule has 1 aromatic heterocycles. The number of likely N-dealkylation sites (tertiary alicyclic amines) is 1. The Hall–Kier alpha value is -2.11. The quantitative estimate of drug-likeness (QED) is 0.730. The van der Waals surface area contributed by atoms with Crippen LogP contribution in [0.5, 0.6) is 5.75 Å². The molecule has 1 N–H and O–H groups in total. The molecule has 0 radical (unpaired) electrons. The lowest BCUT2D eigenvalue weighted by atomic mass is 10.2. The standard InChI is InChI=1S/C18H15ClN2O2S/c19-12-4-6-15(22)13(10-12)17-20-14-5-3-11(9-16(14)24-17)18(23)21-7-1-2-8-21/h3-6,9-10,22H,1-2,7-8H2. The summed E-state index contributed by atoms with van der Waals surface area (Å²) in [4.78, 5) is 19.0. The predicted molar refractivity (Wildman–Crippen MR) is 96.9 cm³/mol. The molecule has 6 heteroatoms. The number of aromatic hydroxyl groups is 1. The summed E-state index contributed by atoms with van der Waals surface area (Å²) in [6.45, 7) is 1.67. The minimum atomic E-state index is 0.0787. The van der Waals surface area contributed by atoms with Crippen LogP contribution in [0.3, 0.4) is 0 Å². The number of aromatic nitrogens is 1. The number of carbonyl (C=O) groups is 1. The van der Waals surface area contributed by atoms with Gasteiger partial charge in [0.25, 0.3) is 5.91 Å². The number of phenolic OH excluding ortho intramolecular Hbond substituents is 1. The summed E-state index contributed by atoms with van der Waals surface area (Å²) in [5, 5.41) is 11.3. The Bertz CT molecular complexity index is 932. The van der Waals surface area contributed by atoms with Crippen molar-refractivity contribution in [2.45, 2.75) is 12.8 Å². The number of phenols is 1. The summed E-state index contributed by atoms with van der Waals surface area (Å²) in [7, 11) is 0. The molecule has 1 fully saturated rings. The average Bonchev–Trinajstić information content (AvgIpc) is 3.24. The Kier molecular flexibility index (Phi) is 3.90. The van der Waals surface area contributed by atoms with Crippen molar-refractivity contribution in [2.24, 2.45) is 0 Å². The number of rotatable bonds is 2. The van der Waals surface area contributed by atoms with E-state index < -0.39 is 0 Å². The highest BCUT2D eigenvalue weighted by atomic mass is 35.5. The summed E-state index contributed by atoms with van der Waals surface area (Å²) in [5.74, 6) is 0.224. The van der Waals surface area contributed by atoms with Crippen molar-refractivity contribution >= 4 is 39.1 Å². The summed E-state index contributed by atoms with van der Waals surface area (Å²) < 4.78 is 0.925. The van der Waals surface area contributed by atoms with Gasteiger partial charge in [0.15, 0.2) is 0 Å². The fourth-order valence-electron chi connectivity index (χ4n) is 2.96. The number of nitrogens with zero attached hydrogens (tertiary/aromatic N) is 2. The molecule has 0 saturated carbocycles. The smallest absolute Gasteiger partial charge is 0.253 e. The van der Waals surface area contributed by atoms with E-state index in [-0.39, 0.29) is 11.7 Å². The van der Waals surface area contributed by atoms with Crippen LogP contribution in [0, 0.1) is 0 Å². The van der Waals surface area contributed by atoms with Crippen molar-refractivity contribution in [2.75, 3.05) is 13.1 Å². The molecule has 4 nitrogen and oxygen atoms in total. The zero-order chi connectivity index (χ0) is 16.7. The second kappa shape index (κ2) is 6.07. The topological polar surface area (TPSA) is 53.4 Å². The Labute approximate surface area is 148 Å². The Morgan fingerprint density at radius 3 is 2.75 bits per heavy atom. The second-order valence-corrected chi connectivity index (χ2v) is 7.33. The molecule has 1 aliphatic rings. The molecule has 0 aliphatic carbocycles. The average molecular weight is 359 g/mol. The maximum absolute atomic E-state index is 12.5. The van der Waals surface area contributed by atoms with Gasteiger partial charge in [0.2, 0.25) is 0 Å². The number of hydrogen-bond donors (Lipinski definition) is 1. The Morgan fingerprint density at radius 1 is 1.17 bits per heavy atom. The van der Waals surface area contributed by atoms with Crippen LogP contribution in [0.4, 0.5) is 0 Å². The molecular weight excluding hydrogens is 344 g/mol. The van der Waals surface area contributed by atoms with E-state index in [9.17, 15) is 9.90 Å². The van der Waals surface area contributed by atoms with E-state index >= 15 is 0 Å². The van der Waals surface area contributed by atoms with Gasteiger partial charge in [0.05, 0.1) is 15.8 Å². The maximum atomic E-state index is 12.5. The fraction of sp³-hybridized carbons (Fsp3) is 0.222. The number of thiazole rings is 1. The molecule has 0 spiro atoms. The van der Waals surface area contributed by atoms with E-state index in [0.717, 1.165) is 36.1 Å². The van der Waals surface area contributed by atoms with Crippen molar-refractivity contribution in [1.82, 2.24) is 9.88 Å². The maximum Gasteiger partial charge on any atom is 0.253 e. The summed E-state index contributed by atoms with van der Waals surface area (Å²) in [5.41, 5.74) is 2.11. The minimum Gasteiger partial charge on any atom is -0.507 e. The van der Waals surface area contributed by atoms with Gasteiger partial charge in [-0.3, -0.25) is 4.79 Å². The van der Waals surface area contributed by atoms with Crippen molar-refractivity contribution in [3.05, 3.63) is 47.0 Å². The van der Waals surface area contributed by atoms with Gasteiger partial charge in [-0.05, 0) is 49.2 Å². The lowest BCUT2D eigenvalue weighted by Gasteiger charge is -2.14. The largest absolute Gasteiger partial charge is 0.507 e. The highest BCUT2D eigenvalue weighted by molar-refractivity contribution is 7.21. The van der Waals surface area contributed by atoms with Crippen molar-refractivity contribution in [3.8, 4) is 16.3 Å². The van der Waals surface area contributed by atoms with Gasteiger partial charge < -0.3 is 10.0 Å². The minimum absolute atomic E-state index is 0.0787. The molecule has 122 valence electrons. The molecule has 0 unspecified atom stereocenters. The van der Waals surface area contributed by atoms with Gasteiger partial charge >= 0.3 is 0 Å². The highest BCUT2D eigenvalue weighted by Gasteiger charge is 2.20. The van der Waals surface area contributed by atoms with E-state index in [2.05, 4.69) is 4.98 Å². The van der Waals surface area contributed by atoms with Gasteiger partial charge in [-0.15, -0.1) is 11.3 Å². The molecule has 4 rings (SSSR count). The number of hydrogen-bond acceptors (Lipinski definition) is 4. The summed E-state index contributed by atoms with van der Waals surface area (Å²) in [6, 6.07) is 10.5. The molecule has 3 aromatic rings. The van der Waals surface area contributed by atoms with Crippen molar-refractivity contribution in [3.63, 3.8) is 0 Å². The number of fused-ring (bicyclic) bond motifs is 1. The van der Waals surface area contributed by atoms with Gasteiger partial charge in [-0.1, -0.05) is 11.6 Å². The van der Waals surface area contributed by atoms with E-state index in [0.29, 0.717) is 21.2 Å². The van der Waals surface area contributed by atoms with Crippen LogP contribution in [0.25, 0.3) is 20.8 Å². The monoisotopic (exact) mass is 358 g/mol. The van der Waals surface area contributed by atoms with E-state index in [4.69, 9.17) is 11.6 Å². The van der Waals surface area contributed by atoms with Crippen LogP contribution < -0.4 is 0 Å². The van der Waals surface area contributed by atoms with E-state index in [1.54, 1.807) is 18.2 Å². The number of benzene rings is 2. The molecule has 1 saturated heterocycles. The zero-order valence-electron chi connectivity index (χ0n) is 12.8. The molecule has 2 heterocycles. The summed E-state index contributed by atoms with van der Waals surface area (Å²) in [6.07, 6.45) is 2.15. The highest BCUT2D eigenvalue weighted by Crippen LogP contribution is 2.37. The molecule has 1 amide bonds. The Morgan fingerprint density at radius 2 is 1.96 bits per heavy atom. The van der Waals surface area contributed by atoms with Crippen LogP contribution in [0.2, 0.25) is 5.02 Å². The normalized spacial score (nSPS) is 14.5. The zero-order valence-corrected chi connectivity index (χ0v) is 14.4. The third-order valence-corrected chi connectivity index (χ3v) is 5.50. The number of amides is 1. The number of carbonyl (C=O) groups excluding carboxylic acids is 1. The number of halogens is 1. The predicted octanol–water partition coefficient (Wildman–Crippen LogP) is 4.56. The first-order valence-corrected chi connectivity index (χ1v) is 9.00. The third-order valence-electron chi connectivity index (χ3n) is 4.22. The van der Waals surface area contributed by atoms with Crippen LogP contribution in [0.1, 0.15) is 23.2 Å². The van der Waals surface area contributed by atoms with Crippen LogP contribution >= 0.6 is 22.9 Å². The third kappa shape index (κ3) is 2.74. The summed E-state index contributed by atoms with van der Waals surface area (Å²) >= 11 is 7.47. The first kappa shape index (κ1) is 15.4. The molecule has 24 heavy (non-hydrogen) atoms. The van der Waals surface area contributed by atoms with Gasteiger partial charge in [0, 0.05) is 23.7 Å². The van der Waals surface area contributed by atoms with Gasteiger partial charge in [-0.25, -0.2) is 4.98 Å². The van der Waals surface area contributed by atoms with Crippen LogP contribution in [0.15, 0.2) is 36.4 Å². The van der Waals surface area contributed by atoms with E-state index in [1.165, 1.54) is 11.3 Å². The van der Waals surface area contributed by atoms with E-state index in [1.807, 2.05) is 23.1 Å².